The zero-order valence-corrected chi connectivity index (χ0v) is 17.5. The predicted octanol–water partition coefficient (Wildman–Crippen LogP) is 3.25. The molecule has 30 heavy (non-hydrogen) atoms. The van der Waals surface area contributed by atoms with Crippen LogP contribution >= 0.6 is 11.6 Å². The molecule has 1 amide bonds. The van der Waals surface area contributed by atoms with Crippen molar-refractivity contribution < 1.29 is 17.7 Å². The maximum absolute atomic E-state index is 12.4. The largest absolute Gasteiger partial charge is 0.343 e. The maximum atomic E-state index is 12.4. The van der Waals surface area contributed by atoms with Gasteiger partial charge in [0.05, 0.1) is 18.0 Å². The number of nitrogens with zero attached hydrogens (tertiary/aromatic N) is 3. The second-order valence-electron chi connectivity index (χ2n) is 6.84. The second kappa shape index (κ2) is 8.45. The van der Waals surface area contributed by atoms with Gasteiger partial charge in [0.1, 0.15) is 0 Å². The molecule has 1 fully saturated rings. The van der Waals surface area contributed by atoms with Gasteiger partial charge in [-0.2, -0.15) is 4.98 Å². The number of carbonyl (C=O) groups excluding carboxylic acids is 1. The average Bonchev–Trinajstić information content (AvgIpc) is 3.21. The third-order valence-corrected chi connectivity index (χ3v) is 6.86. The average molecular weight is 447 g/mol. The lowest BCUT2D eigenvalue weighted by molar-refractivity contribution is 0.0946. The summed E-state index contributed by atoms with van der Waals surface area (Å²) < 4.78 is 31.0. The van der Waals surface area contributed by atoms with Crippen LogP contribution in [-0.2, 0) is 16.6 Å². The number of halogens is 1. The number of amides is 1. The van der Waals surface area contributed by atoms with E-state index in [2.05, 4.69) is 15.5 Å². The summed E-state index contributed by atoms with van der Waals surface area (Å²) >= 11 is 5.87. The molecule has 1 saturated heterocycles. The van der Waals surface area contributed by atoms with Crippen LogP contribution < -0.4 is 9.62 Å². The van der Waals surface area contributed by atoms with Crippen LogP contribution in [0.1, 0.15) is 29.1 Å². The van der Waals surface area contributed by atoms with Gasteiger partial charge in [-0.1, -0.05) is 16.8 Å². The van der Waals surface area contributed by atoms with Crippen molar-refractivity contribution in [3.8, 4) is 11.4 Å². The van der Waals surface area contributed by atoms with Crippen molar-refractivity contribution in [2.24, 2.45) is 0 Å². The van der Waals surface area contributed by atoms with Crippen molar-refractivity contribution in [2.45, 2.75) is 19.4 Å². The number of rotatable bonds is 5. The normalized spacial score (nSPS) is 15.7. The first-order valence-electron chi connectivity index (χ1n) is 9.39. The van der Waals surface area contributed by atoms with Crippen LogP contribution in [0.25, 0.3) is 11.4 Å². The minimum atomic E-state index is -3.28. The molecule has 3 aromatic rings. The number of hydrogen-bond donors (Lipinski definition) is 1. The molecule has 10 heteroatoms. The van der Waals surface area contributed by atoms with Crippen LogP contribution in [0.3, 0.4) is 0 Å². The van der Waals surface area contributed by atoms with Crippen molar-refractivity contribution in [1.82, 2.24) is 15.5 Å². The number of hydrogen-bond acceptors (Lipinski definition) is 6. The van der Waals surface area contributed by atoms with Gasteiger partial charge in [0.15, 0.2) is 0 Å². The number of sulfonamides is 1. The summed E-state index contributed by atoms with van der Waals surface area (Å²) in [4.78, 5) is 16.7. The zero-order chi connectivity index (χ0) is 21.1. The van der Waals surface area contributed by atoms with Crippen LogP contribution in [-0.4, -0.2) is 36.8 Å². The van der Waals surface area contributed by atoms with E-state index in [4.69, 9.17) is 16.1 Å². The molecular weight excluding hydrogens is 428 g/mol. The van der Waals surface area contributed by atoms with E-state index in [1.165, 1.54) is 4.31 Å². The number of benzene rings is 2. The Hall–Kier alpha value is -2.91. The van der Waals surface area contributed by atoms with Gasteiger partial charge in [-0.05, 0) is 61.4 Å². The van der Waals surface area contributed by atoms with E-state index in [-0.39, 0.29) is 24.1 Å². The Labute approximate surface area is 178 Å². The summed E-state index contributed by atoms with van der Waals surface area (Å²) in [5.74, 6) is 0.499. The van der Waals surface area contributed by atoms with Gasteiger partial charge in [0, 0.05) is 22.7 Å². The van der Waals surface area contributed by atoms with Crippen LogP contribution in [0.4, 0.5) is 5.69 Å². The van der Waals surface area contributed by atoms with E-state index in [0.29, 0.717) is 35.1 Å². The Balaban J connectivity index is 1.38. The van der Waals surface area contributed by atoms with Gasteiger partial charge >= 0.3 is 0 Å². The monoisotopic (exact) mass is 446 g/mol. The highest BCUT2D eigenvalue weighted by Crippen LogP contribution is 2.24. The molecule has 0 bridgehead atoms. The highest BCUT2D eigenvalue weighted by molar-refractivity contribution is 7.92. The Bertz CT molecular complexity index is 1140. The molecule has 2 aromatic carbocycles. The van der Waals surface area contributed by atoms with Crippen molar-refractivity contribution in [1.29, 1.82) is 0 Å². The van der Waals surface area contributed by atoms with E-state index in [0.717, 1.165) is 12.0 Å². The Kier molecular flexibility index (Phi) is 5.74. The minimum Gasteiger partial charge on any atom is -0.343 e. The number of nitrogens with one attached hydrogen (secondary N) is 1. The maximum Gasteiger partial charge on any atom is 0.251 e. The van der Waals surface area contributed by atoms with E-state index in [9.17, 15) is 13.2 Å². The van der Waals surface area contributed by atoms with Crippen molar-refractivity contribution in [3.63, 3.8) is 0 Å². The van der Waals surface area contributed by atoms with Gasteiger partial charge in [-0.25, -0.2) is 8.42 Å². The van der Waals surface area contributed by atoms with Crippen LogP contribution in [0.2, 0.25) is 5.02 Å². The summed E-state index contributed by atoms with van der Waals surface area (Å²) in [5.41, 5.74) is 1.73. The molecule has 0 unspecified atom stereocenters. The van der Waals surface area contributed by atoms with Crippen LogP contribution in [0.15, 0.2) is 53.1 Å². The van der Waals surface area contributed by atoms with E-state index in [1.54, 1.807) is 48.5 Å². The molecule has 0 atom stereocenters. The third kappa shape index (κ3) is 4.47. The molecule has 0 aliphatic carbocycles. The van der Waals surface area contributed by atoms with Gasteiger partial charge in [0.25, 0.3) is 5.91 Å². The first-order chi connectivity index (χ1) is 14.4. The van der Waals surface area contributed by atoms with E-state index >= 15 is 0 Å². The van der Waals surface area contributed by atoms with Crippen molar-refractivity contribution in [2.75, 3.05) is 16.6 Å². The molecule has 8 nitrogen and oxygen atoms in total. The summed E-state index contributed by atoms with van der Waals surface area (Å²) in [7, 11) is -3.28. The first kappa shape index (κ1) is 20.4. The van der Waals surface area contributed by atoms with Crippen molar-refractivity contribution >= 4 is 33.2 Å². The smallest absolute Gasteiger partial charge is 0.251 e. The standard InChI is InChI=1S/C20H19ClN4O4S/c21-16-7-3-14(4-8-16)19-23-18(29-24-19)13-22-20(26)15-5-9-17(10-6-15)25-11-1-2-12-30(25,27)28/h3-10H,1-2,11-13H2,(H,22,26). The molecule has 156 valence electrons. The molecule has 1 aliphatic rings. The number of aromatic nitrogens is 2. The lowest BCUT2D eigenvalue weighted by atomic mass is 10.2. The van der Waals surface area contributed by atoms with E-state index < -0.39 is 10.0 Å². The molecule has 1 aromatic heterocycles. The van der Waals surface area contributed by atoms with E-state index in [1.807, 2.05) is 0 Å². The summed E-state index contributed by atoms with van der Waals surface area (Å²) in [6.45, 7) is 0.530. The highest BCUT2D eigenvalue weighted by atomic mass is 35.5. The molecular formula is C20H19ClN4O4S. The molecule has 1 aliphatic heterocycles. The summed E-state index contributed by atoms with van der Waals surface area (Å²) in [5, 5.41) is 7.23. The number of anilines is 1. The fourth-order valence-electron chi connectivity index (χ4n) is 3.16. The minimum absolute atomic E-state index is 0.0711. The zero-order valence-electron chi connectivity index (χ0n) is 15.9. The first-order valence-corrected chi connectivity index (χ1v) is 11.4. The van der Waals surface area contributed by atoms with Crippen LogP contribution in [0, 0.1) is 0 Å². The molecule has 0 saturated carbocycles. The molecule has 2 heterocycles. The molecule has 0 radical (unpaired) electrons. The summed E-state index contributed by atoms with van der Waals surface area (Å²) in [6, 6.07) is 13.5. The number of carbonyl (C=O) groups is 1. The molecule has 0 spiro atoms. The fourth-order valence-corrected chi connectivity index (χ4v) is 4.92. The van der Waals surface area contributed by atoms with Gasteiger partial charge in [-0.15, -0.1) is 0 Å². The van der Waals surface area contributed by atoms with Gasteiger partial charge in [-0.3, -0.25) is 9.10 Å². The van der Waals surface area contributed by atoms with Crippen molar-refractivity contribution in [3.05, 3.63) is 65.0 Å². The topological polar surface area (TPSA) is 105 Å². The quantitative estimate of drug-likeness (QED) is 0.644. The Morgan fingerprint density at radius 3 is 2.53 bits per heavy atom. The highest BCUT2D eigenvalue weighted by Gasteiger charge is 2.26. The Morgan fingerprint density at radius 2 is 1.83 bits per heavy atom. The second-order valence-corrected chi connectivity index (χ2v) is 9.29. The lowest BCUT2D eigenvalue weighted by Gasteiger charge is -2.28. The van der Waals surface area contributed by atoms with Crippen LogP contribution in [0.5, 0.6) is 0 Å². The SMILES string of the molecule is O=C(NCc1nc(-c2ccc(Cl)cc2)no1)c1ccc(N2CCCCS2(=O)=O)cc1. The summed E-state index contributed by atoms with van der Waals surface area (Å²) in [6.07, 6.45) is 1.50. The molecule has 1 N–H and O–H groups in total. The predicted molar refractivity (Wildman–Crippen MR) is 113 cm³/mol. The van der Waals surface area contributed by atoms with Gasteiger partial charge in [0.2, 0.25) is 21.7 Å². The Morgan fingerprint density at radius 1 is 1.10 bits per heavy atom. The van der Waals surface area contributed by atoms with Gasteiger partial charge < -0.3 is 9.84 Å². The third-order valence-electron chi connectivity index (χ3n) is 4.74. The molecule has 4 rings (SSSR count). The lowest BCUT2D eigenvalue weighted by Crippen LogP contribution is -2.37. The fraction of sp³-hybridized carbons (Fsp3) is 0.250.